The molecule has 1 heteroatoms. The van der Waals surface area contributed by atoms with Crippen LogP contribution in [0.4, 0.5) is 0 Å². The number of fused-ring (bicyclic) bond motifs is 1. The summed E-state index contributed by atoms with van der Waals surface area (Å²) in [4.78, 5) is 3.78. The molecule has 0 fully saturated rings. The Kier molecular flexibility index (Phi) is 19.0. The van der Waals surface area contributed by atoms with Gasteiger partial charge < -0.3 is 0 Å². The minimum Gasteiger partial charge on any atom is -0.265 e. The summed E-state index contributed by atoms with van der Waals surface area (Å²) in [5.74, 6) is 0. The molecule has 0 N–H and O–H groups in total. The van der Waals surface area contributed by atoms with Crippen molar-refractivity contribution in [1.29, 1.82) is 0 Å². The number of rotatable bonds is 0. The average molecular weight is 297 g/mol. The third-order valence-corrected chi connectivity index (χ3v) is 2.23. The Labute approximate surface area is 137 Å². The zero-order valence-corrected chi connectivity index (χ0v) is 15.0. The highest BCUT2D eigenvalue weighted by atomic mass is 14.6. The molecular formula is C21H31N. The second-order valence-corrected chi connectivity index (χ2v) is 3.37. The van der Waals surface area contributed by atoms with Gasteiger partial charge in [0.05, 0.1) is 0 Å². The van der Waals surface area contributed by atoms with Crippen LogP contribution in [0.2, 0.25) is 0 Å². The normalized spacial score (nSPS) is 7.55. The molecule has 0 spiro atoms. The lowest BCUT2D eigenvalue weighted by atomic mass is 10.1. The molecule has 3 rings (SSSR count). The lowest BCUT2D eigenvalue weighted by Gasteiger charge is -1.92. The molecule has 1 aromatic heterocycles. The van der Waals surface area contributed by atoms with Crippen LogP contribution >= 0.6 is 0 Å². The molecule has 0 amide bonds. The molecule has 2 aromatic carbocycles. The molecule has 1 heterocycles. The van der Waals surface area contributed by atoms with E-state index in [2.05, 4.69) is 53.5 Å². The summed E-state index contributed by atoms with van der Waals surface area (Å²) in [5, 5.41) is 2.62. The number of hydrogen-bond acceptors (Lipinski definition) is 1. The van der Waals surface area contributed by atoms with Gasteiger partial charge in [-0.05, 0) is 22.9 Å². The number of hydrogen-bond donors (Lipinski definition) is 0. The molecule has 0 aliphatic carbocycles. The fourth-order valence-electron chi connectivity index (χ4n) is 1.45. The van der Waals surface area contributed by atoms with Crippen LogP contribution < -0.4 is 0 Å². The van der Waals surface area contributed by atoms with Crippen LogP contribution in [0.3, 0.4) is 0 Å². The van der Waals surface area contributed by atoms with E-state index in [-0.39, 0.29) is 0 Å². The largest absolute Gasteiger partial charge is 0.265 e. The van der Waals surface area contributed by atoms with Crippen LogP contribution in [0.25, 0.3) is 10.8 Å². The van der Waals surface area contributed by atoms with E-state index in [1.54, 1.807) is 12.4 Å². The maximum absolute atomic E-state index is 3.78. The summed E-state index contributed by atoms with van der Waals surface area (Å²) in [6.45, 7) is 12.0. The highest BCUT2D eigenvalue weighted by Gasteiger charge is 1.85. The molecule has 0 saturated heterocycles. The summed E-state index contributed by atoms with van der Waals surface area (Å²) in [6, 6.07) is 22.4. The van der Waals surface area contributed by atoms with E-state index in [1.807, 2.05) is 59.7 Å². The first-order chi connectivity index (χ1) is 11.0. The van der Waals surface area contributed by atoms with Gasteiger partial charge in [0.15, 0.2) is 0 Å². The van der Waals surface area contributed by atoms with Gasteiger partial charge in [0.1, 0.15) is 0 Å². The number of benzene rings is 2. The van der Waals surface area contributed by atoms with Crippen molar-refractivity contribution in [3.05, 3.63) is 79.1 Å². The monoisotopic (exact) mass is 297 g/mol. The molecule has 22 heavy (non-hydrogen) atoms. The van der Waals surface area contributed by atoms with E-state index in [4.69, 9.17) is 0 Å². The van der Waals surface area contributed by atoms with Gasteiger partial charge in [-0.1, -0.05) is 96.1 Å². The summed E-state index contributed by atoms with van der Waals surface area (Å²) >= 11 is 0. The zero-order chi connectivity index (χ0) is 17.1. The first-order valence-electron chi connectivity index (χ1n) is 8.25. The van der Waals surface area contributed by atoms with E-state index in [0.29, 0.717) is 0 Å². The van der Waals surface area contributed by atoms with E-state index >= 15 is 0 Å². The van der Waals surface area contributed by atoms with Crippen molar-refractivity contribution < 1.29 is 0 Å². The zero-order valence-electron chi connectivity index (χ0n) is 15.0. The van der Waals surface area contributed by atoms with Gasteiger partial charge in [0.25, 0.3) is 0 Å². The number of pyridine rings is 1. The van der Waals surface area contributed by atoms with Crippen LogP contribution in [0, 0.1) is 0 Å². The summed E-state index contributed by atoms with van der Waals surface area (Å²) in [6.07, 6.45) is 3.50. The van der Waals surface area contributed by atoms with Crippen molar-refractivity contribution in [2.45, 2.75) is 41.5 Å². The molecular weight excluding hydrogens is 266 g/mol. The SMILES string of the molecule is CC.CC.CC.c1ccc2ccccc2c1.c1ccncc1. The maximum Gasteiger partial charge on any atom is 0.0267 e. The predicted octanol–water partition coefficient (Wildman–Crippen LogP) is 7.00. The number of aromatic nitrogens is 1. The highest BCUT2D eigenvalue weighted by molar-refractivity contribution is 5.81. The maximum atomic E-state index is 3.78. The molecule has 0 atom stereocenters. The lowest BCUT2D eigenvalue weighted by molar-refractivity contribution is 1.33. The molecule has 0 saturated carbocycles. The Bertz CT molecular complexity index is 440. The van der Waals surface area contributed by atoms with Crippen molar-refractivity contribution in [2.75, 3.05) is 0 Å². The van der Waals surface area contributed by atoms with Crippen molar-refractivity contribution >= 4 is 10.8 Å². The highest BCUT2D eigenvalue weighted by Crippen LogP contribution is 2.11. The Hall–Kier alpha value is -2.15. The van der Waals surface area contributed by atoms with E-state index in [9.17, 15) is 0 Å². The van der Waals surface area contributed by atoms with Crippen molar-refractivity contribution in [3.8, 4) is 0 Å². The predicted molar refractivity (Wildman–Crippen MR) is 102 cm³/mol. The van der Waals surface area contributed by atoms with Gasteiger partial charge in [0.2, 0.25) is 0 Å². The second-order valence-electron chi connectivity index (χ2n) is 3.37. The molecule has 0 aliphatic rings. The van der Waals surface area contributed by atoms with Crippen LogP contribution in [0.1, 0.15) is 41.5 Å². The Morgan fingerprint density at radius 1 is 0.455 bits per heavy atom. The lowest BCUT2D eigenvalue weighted by Crippen LogP contribution is -1.67. The molecule has 0 bridgehead atoms. The van der Waals surface area contributed by atoms with Gasteiger partial charge in [0, 0.05) is 12.4 Å². The fraction of sp³-hybridized carbons (Fsp3) is 0.286. The minimum atomic E-state index is 1.31. The third-order valence-electron chi connectivity index (χ3n) is 2.23. The first-order valence-corrected chi connectivity index (χ1v) is 8.25. The van der Waals surface area contributed by atoms with Gasteiger partial charge >= 0.3 is 0 Å². The van der Waals surface area contributed by atoms with E-state index in [0.717, 1.165) is 0 Å². The van der Waals surface area contributed by atoms with Gasteiger partial charge in [-0.2, -0.15) is 0 Å². The van der Waals surface area contributed by atoms with Crippen LogP contribution in [0.15, 0.2) is 79.1 Å². The topological polar surface area (TPSA) is 12.9 Å². The van der Waals surface area contributed by atoms with Gasteiger partial charge in [-0.25, -0.2) is 0 Å². The minimum absolute atomic E-state index is 1.31. The van der Waals surface area contributed by atoms with Crippen LogP contribution in [-0.4, -0.2) is 4.98 Å². The molecule has 1 nitrogen and oxygen atoms in total. The third kappa shape index (κ3) is 10.6. The Balaban J connectivity index is 0. The summed E-state index contributed by atoms with van der Waals surface area (Å²) in [7, 11) is 0. The van der Waals surface area contributed by atoms with E-state index in [1.165, 1.54) is 10.8 Å². The standard InChI is InChI=1S/C10H8.C5H5N.3C2H6/c1-2-6-10-8-4-3-7-9(10)5-1;1-2-4-6-5-3-1;3*1-2/h1-8H;1-5H;3*1-2H3. The van der Waals surface area contributed by atoms with Crippen molar-refractivity contribution in [3.63, 3.8) is 0 Å². The van der Waals surface area contributed by atoms with Gasteiger partial charge in [-0.3, -0.25) is 4.98 Å². The Morgan fingerprint density at radius 2 is 0.773 bits per heavy atom. The smallest absolute Gasteiger partial charge is 0.0267 e. The first kappa shape index (κ1) is 22.1. The number of nitrogens with zero attached hydrogens (tertiary/aromatic N) is 1. The van der Waals surface area contributed by atoms with E-state index < -0.39 is 0 Å². The molecule has 0 unspecified atom stereocenters. The Morgan fingerprint density at radius 3 is 0.955 bits per heavy atom. The molecule has 120 valence electrons. The quantitative estimate of drug-likeness (QED) is 0.435. The van der Waals surface area contributed by atoms with Crippen molar-refractivity contribution in [1.82, 2.24) is 4.98 Å². The molecule has 3 aromatic rings. The molecule has 0 radical (unpaired) electrons. The van der Waals surface area contributed by atoms with Crippen LogP contribution in [-0.2, 0) is 0 Å². The fourth-order valence-corrected chi connectivity index (χ4v) is 1.45. The van der Waals surface area contributed by atoms with Crippen molar-refractivity contribution in [2.24, 2.45) is 0 Å². The van der Waals surface area contributed by atoms with Gasteiger partial charge in [-0.15, -0.1) is 0 Å². The average Bonchev–Trinajstić information content (AvgIpc) is 2.69. The van der Waals surface area contributed by atoms with Crippen LogP contribution in [0.5, 0.6) is 0 Å². The summed E-state index contributed by atoms with van der Waals surface area (Å²) in [5.41, 5.74) is 0. The molecule has 0 aliphatic heterocycles. The second kappa shape index (κ2) is 18.9. The summed E-state index contributed by atoms with van der Waals surface area (Å²) < 4.78 is 0.